The number of hydrogen-bond acceptors (Lipinski definition) is 2. The molecule has 0 saturated carbocycles. The molecule has 2 heterocycles. The monoisotopic (exact) mass is 890 g/mol. The first-order chi connectivity index (χ1) is 24.8. The van der Waals surface area contributed by atoms with Crippen molar-refractivity contribution in [1.29, 1.82) is 0 Å². The summed E-state index contributed by atoms with van der Waals surface area (Å²) in [6.45, 7) is 50.6. The van der Waals surface area contributed by atoms with Gasteiger partial charge in [-0.1, -0.05) is 0 Å². The number of anilines is 2. The Morgan fingerprint density at radius 2 is 0.704 bits per heavy atom. The molecule has 2 nitrogen and oxygen atoms in total. The van der Waals surface area contributed by atoms with E-state index in [9.17, 15) is 0 Å². The normalized spacial score (nSPS) is 18.2. The van der Waals surface area contributed by atoms with Crippen molar-refractivity contribution in [3.05, 3.63) is 92.1 Å². The van der Waals surface area contributed by atoms with Gasteiger partial charge in [0.25, 0.3) is 0 Å². The first kappa shape index (κ1) is 45.5. The van der Waals surface area contributed by atoms with Gasteiger partial charge in [-0.3, -0.25) is 0 Å². The molecular weight excluding hydrogens is 806 g/mol. The number of hydrogen-bond donors (Lipinski definition) is 0. The molecule has 0 atom stereocenters. The quantitative estimate of drug-likeness (QED) is 0.138. The molecule has 6 heteroatoms. The zero-order valence-corrected chi connectivity index (χ0v) is 45.1. The first-order valence-electron chi connectivity index (χ1n) is 21.6. The summed E-state index contributed by atoms with van der Waals surface area (Å²) >= 11 is -5.60. The Kier molecular flexibility index (Phi) is 14.3. The molecule has 0 amide bonds. The summed E-state index contributed by atoms with van der Waals surface area (Å²) in [5.41, 5.74) is 20.0. The van der Waals surface area contributed by atoms with E-state index in [0.717, 1.165) is 0 Å². The number of para-hydroxylation sites is 2. The van der Waals surface area contributed by atoms with Crippen LogP contribution in [0.5, 0.6) is 0 Å². The van der Waals surface area contributed by atoms with Crippen LogP contribution in [0.4, 0.5) is 11.4 Å². The molecule has 2 aromatic carbocycles. The molecule has 4 rings (SSSR count). The van der Waals surface area contributed by atoms with E-state index >= 15 is 0 Å². The summed E-state index contributed by atoms with van der Waals surface area (Å²) in [6, 6.07) is 14.6. The molecular formula is C48H82Ge2N2Si2. The third-order valence-corrected chi connectivity index (χ3v) is 49.6. The first-order valence-corrected chi connectivity index (χ1v) is 39.3. The van der Waals surface area contributed by atoms with Gasteiger partial charge in [0.2, 0.25) is 0 Å². The topological polar surface area (TPSA) is 6.48 Å². The summed E-state index contributed by atoms with van der Waals surface area (Å²) in [5.74, 6) is 2.05. The Labute approximate surface area is 343 Å². The Hall–Kier alpha value is -1.22. The minimum absolute atomic E-state index is 0.512. The second-order valence-electron chi connectivity index (χ2n) is 21.4. The van der Waals surface area contributed by atoms with Gasteiger partial charge in [-0.05, 0) is 0 Å². The van der Waals surface area contributed by atoms with Crippen molar-refractivity contribution in [3.63, 3.8) is 0 Å². The average molecular weight is 889 g/mol. The van der Waals surface area contributed by atoms with Gasteiger partial charge in [-0.15, -0.1) is 0 Å². The van der Waals surface area contributed by atoms with Crippen LogP contribution in [0.25, 0.3) is 0 Å². The summed E-state index contributed by atoms with van der Waals surface area (Å²) < 4.78 is 6.58. The van der Waals surface area contributed by atoms with Gasteiger partial charge in [-0.2, -0.15) is 0 Å². The molecule has 0 aliphatic carbocycles. The van der Waals surface area contributed by atoms with E-state index in [2.05, 4.69) is 180 Å². The van der Waals surface area contributed by atoms with E-state index in [-0.39, 0.29) is 0 Å². The zero-order valence-electron chi connectivity index (χ0n) is 38.9. The summed E-state index contributed by atoms with van der Waals surface area (Å²) in [6.07, 6.45) is 0. The number of nitrogens with zero attached hydrogens (tertiary/aromatic N) is 2. The number of rotatable bonds is 14. The van der Waals surface area contributed by atoms with Crippen LogP contribution >= 0.6 is 0 Å². The standard InChI is InChI=1S/C48H82Ge2N2Si2/c1-33(2)43-23-21-24-44(34(3)4)47(43)51(53(15,16)17)49(27-37(9)38(10)28-49)31-41(13)42(14)32-50(29-39(11)40(12)30-50)52(54(18,19)20)48-45(35(5)6)25-22-26-46(48)36(7)8/h21-26,33-36H,27-32H2,1-20H3/b42-41+. The van der Waals surface area contributed by atoms with E-state index in [1.54, 1.807) is 67.1 Å². The number of allylic oxidation sites excluding steroid dienone is 6. The summed E-state index contributed by atoms with van der Waals surface area (Å²) in [5, 5.41) is 8.11. The Morgan fingerprint density at radius 1 is 0.481 bits per heavy atom. The van der Waals surface area contributed by atoms with Crippen molar-refractivity contribution in [1.82, 2.24) is 0 Å². The Bertz CT molecular complexity index is 1570. The second-order valence-corrected chi connectivity index (χ2v) is 49.4. The van der Waals surface area contributed by atoms with E-state index in [0.29, 0.717) is 23.7 Å². The maximum atomic E-state index is 3.29. The fourth-order valence-corrected chi connectivity index (χ4v) is 58.8. The third-order valence-electron chi connectivity index (χ3n) is 13.2. The van der Waals surface area contributed by atoms with Crippen LogP contribution < -0.4 is 7.05 Å². The van der Waals surface area contributed by atoms with Crippen LogP contribution in [-0.4, -0.2) is 43.4 Å². The molecule has 300 valence electrons. The molecule has 0 radical (unpaired) electrons. The fourth-order valence-electron chi connectivity index (χ4n) is 10.8. The van der Waals surface area contributed by atoms with Crippen molar-refractivity contribution in [2.75, 3.05) is 7.05 Å². The number of benzene rings is 2. The van der Waals surface area contributed by atoms with Gasteiger partial charge in [-0.25, -0.2) is 0 Å². The van der Waals surface area contributed by atoms with Crippen LogP contribution in [0.15, 0.2) is 69.8 Å². The molecule has 0 bridgehead atoms. The molecule has 0 aromatic heterocycles. The van der Waals surface area contributed by atoms with Crippen molar-refractivity contribution in [2.24, 2.45) is 0 Å². The predicted octanol–water partition coefficient (Wildman–Crippen LogP) is 16.1. The fraction of sp³-hybridized carbons (Fsp3) is 0.625. The molecule has 54 heavy (non-hydrogen) atoms. The van der Waals surface area contributed by atoms with Crippen molar-refractivity contribution < 1.29 is 0 Å². The third kappa shape index (κ3) is 9.23. The van der Waals surface area contributed by atoms with Gasteiger partial charge in [0.1, 0.15) is 0 Å². The van der Waals surface area contributed by atoms with E-state index in [1.165, 1.54) is 31.5 Å². The molecule has 0 saturated heterocycles. The average Bonchev–Trinajstić information content (AvgIpc) is 3.47. The Morgan fingerprint density at radius 3 is 0.889 bits per heavy atom. The van der Waals surface area contributed by atoms with Crippen molar-refractivity contribution in [3.8, 4) is 0 Å². The summed E-state index contributed by atoms with van der Waals surface area (Å²) in [4.78, 5) is 0. The van der Waals surface area contributed by atoms with Gasteiger partial charge < -0.3 is 0 Å². The maximum absolute atomic E-state index is 3.29. The Balaban J connectivity index is 1.97. The van der Waals surface area contributed by atoms with Crippen LogP contribution in [0.3, 0.4) is 0 Å². The van der Waals surface area contributed by atoms with E-state index < -0.39 is 43.4 Å². The zero-order chi connectivity index (χ0) is 40.9. The van der Waals surface area contributed by atoms with Gasteiger partial charge >= 0.3 is 345 Å². The van der Waals surface area contributed by atoms with Gasteiger partial charge in [0, 0.05) is 0 Å². The van der Waals surface area contributed by atoms with Crippen LogP contribution in [0.2, 0.25) is 70.8 Å². The SMILES string of the molecule is CC1=C(C)[CH2][Ge]([CH2]/C(C)=C(\C)[CH2][Ge]2([N](c3c(C(C)C)cccc3C(C)C)[Si](C)(C)C)[CH2]C(C)=C(C)[CH2]2)([N](c2c(C(C)C)cccc2C(C)C)[Si](C)(C)C)[CH2]1. The summed E-state index contributed by atoms with van der Waals surface area (Å²) in [7, 11) is -3.60. The van der Waals surface area contributed by atoms with Crippen molar-refractivity contribution >= 4 is 54.8 Å². The molecule has 0 spiro atoms. The van der Waals surface area contributed by atoms with Gasteiger partial charge in [0.05, 0.1) is 0 Å². The molecule has 0 unspecified atom stereocenters. The predicted molar refractivity (Wildman–Crippen MR) is 256 cm³/mol. The van der Waals surface area contributed by atoms with Crippen molar-refractivity contribution in [2.45, 2.75) is 191 Å². The van der Waals surface area contributed by atoms with E-state index in [4.69, 9.17) is 0 Å². The molecule has 2 aromatic rings. The van der Waals surface area contributed by atoms with Gasteiger partial charge in [0.15, 0.2) is 0 Å². The second kappa shape index (κ2) is 16.9. The molecule has 0 fully saturated rings. The van der Waals surface area contributed by atoms with E-state index in [1.807, 2.05) is 0 Å². The van der Waals surface area contributed by atoms with Crippen LogP contribution in [0, 0.1) is 0 Å². The molecule has 2 aliphatic heterocycles. The molecule has 2 aliphatic rings. The molecule has 0 N–H and O–H groups in total. The van der Waals surface area contributed by atoms with Crippen LogP contribution in [0.1, 0.15) is 143 Å². The minimum atomic E-state index is -2.80. The van der Waals surface area contributed by atoms with Crippen LogP contribution in [-0.2, 0) is 0 Å².